The normalized spacial score (nSPS) is 29.5. The Balaban J connectivity index is 1.63. The predicted octanol–water partition coefficient (Wildman–Crippen LogP) is 11.5. The molecule has 2 bridgehead atoms. The maximum atomic E-state index is 7.56. The van der Waals surface area contributed by atoms with E-state index < -0.39 is 46.5 Å². The minimum absolute atomic E-state index is 0.0895. The SMILES string of the molecule is CCC1O[Si](C)(C)CCC[Si]2(CCCC(CP(c3ccccc3)c3ccccc3)N(C)C)CCC[Si](C)(C)OC(CC)C1(C)O[Si](C)(C)CCC2. The molecule has 4 rings (SSSR count). The van der Waals surface area contributed by atoms with Crippen LogP contribution in [0.4, 0.5) is 0 Å². The van der Waals surface area contributed by atoms with Gasteiger partial charge in [0.05, 0.1) is 20.3 Å². The Labute approximate surface area is 320 Å². The van der Waals surface area contributed by atoms with Crippen molar-refractivity contribution in [3.63, 3.8) is 0 Å². The lowest BCUT2D eigenvalue weighted by atomic mass is 9.89. The van der Waals surface area contributed by atoms with E-state index in [1.807, 2.05) is 0 Å². The Morgan fingerprint density at radius 1 is 0.686 bits per heavy atom. The van der Waals surface area contributed by atoms with Crippen molar-refractivity contribution in [2.45, 2.75) is 171 Å². The van der Waals surface area contributed by atoms with Crippen LogP contribution in [0, 0.1) is 0 Å². The molecule has 0 radical (unpaired) electrons. The molecule has 2 heterocycles. The van der Waals surface area contributed by atoms with Gasteiger partial charge in [-0.2, -0.15) is 0 Å². The molecule has 9 heteroatoms. The monoisotopic (exact) mass is 785 g/mol. The fraction of sp³-hybridized carbons (Fsp3) is 0.714. The second-order valence-electron chi connectivity index (χ2n) is 18.4. The summed E-state index contributed by atoms with van der Waals surface area (Å²) in [7, 11) is -3.12. The van der Waals surface area contributed by atoms with E-state index in [1.165, 1.54) is 91.2 Å². The van der Waals surface area contributed by atoms with Gasteiger partial charge in [0.15, 0.2) is 25.0 Å². The van der Waals surface area contributed by atoms with E-state index in [0.29, 0.717) is 6.04 Å². The molecule has 2 fully saturated rings. The first-order valence-corrected chi connectivity index (χ1v) is 34.3. The van der Waals surface area contributed by atoms with Gasteiger partial charge in [-0.05, 0) is 122 Å². The predicted molar refractivity (Wildman–Crippen MR) is 236 cm³/mol. The van der Waals surface area contributed by atoms with Crippen LogP contribution in [0.15, 0.2) is 60.7 Å². The summed E-state index contributed by atoms with van der Waals surface area (Å²) in [4.78, 5) is 2.54. The van der Waals surface area contributed by atoms with Gasteiger partial charge in [-0.1, -0.05) is 124 Å². The molecule has 51 heavy (non-hydrogen) atoms. The highest BCUT2D eigenvalue weighted by molar-refractivity contribution is 7.73. The van der Waals surface area contributed by atoms with E-state index in [0.717, 1.165) is 12.8 Å². The lowest BCUT2D eigenvalue weighted by Crippen LogP contribution is -2.61. The third kappa shape index (κ3) is 12.5. The van der Waals surface area contributed by atoms with E-state index in [-0.39, 0.29) is 12.2 Å². The average molecular weight is 786 g/mol. The van der Waals surface area contributed by atoms with E-state index in [4.69, 9.17) is 13.3 Å². The van der Waals surface area contributed by atoms with Gasteiger partial charge in [-0.25, -0.2) is 0 Å². The Morgan fingerprint density at radius 3 is 1.53 bits per heavy atom. The first-order chi connectivity index (χ1) is 24.0. The van der Waals surface area contributed by atoms with Crippen LogP contribution < -0.4 is 10.6 Å². The van der Waals surface area contributed by atoms with Crippen LogP contribution in [0.3, 0.4) is 0 Å². The molecule has 0 aliphatic carbocycles. The molecule has 3 atom stereocenters. The van der Waals surface area contributed by atoms with Crippen molar-refractivity contribution in [2.75, 3.05) is 20.3 Å². The summed E-state index contributed by atoms with van der Waals surface area (Å²) in [6, 6.07) is 33.0. The topological polar surface area (TPSA) is 30.9 Å². The number of benzene rings is 2. The maximum Gasteiger partial charge on any atom is 0.187 e. The minimum Gasteiger partial charge on any atom is -0.411 e. The van der Waals surface area contributed by atoms with Gasteiger partial charge in [-0.3, -0.25) is 0 Å². The van der Waals surface area contributed by atoms with Crippen LogP contribution in [0.2, 0.25) is 81.6 Å². The molecule has 0 N–H and O–H groups in total. The maximum absolute atomic E-state index is 7.56. The van der Waals surface area contributed by atoms with Gasteiger partial charge in [0.2, 0.25) is 0 Å². The minimum atomic E-state index is -1.99. The zero-order valence-electron chi connectivity index (χ0n) is 34.7. The molecule has 0 aromatic heterocycles. The third-order valence-corrected chi connectivity index (χ3v) is 28.2. The van der Waals surface area contributed by atoms with Crippen molar-refractivity contribution in [2.24, 2.45) is 0 Å². The van der Waals surface area contributed by atoms with E-state index in [1.54, 1.807) is 0 Å². The van der Waals surface area contributed by atoms with Crippen LogP contribution >= 0.6 is 7.92 Å². The standard InChI is InChI=1S/C42H76NO3PSi4/c1-12-40-42(3)41(13-2)45-49(8,9)30-22-34-51(33-21-29-48(6,7)44-40,35-23-31-50(10,11)46-42)32-20-24-37(43(4)5)36-47(38-25-16-14-17-26-38)39-27-18-15-19-28-39/h14-19,25-28,37,40-41H,12-13,20-24,29-36H2,1-11H3. The largest absolute Gasteiger partial charge is 0.411 e. The lowest BCUT2D eigenvalue weighted by Gasteiger charge is -2.50. The summed E-state index contributed by atoms with van der Waals surface area (Å²) in [5.41, 5.74) is -0.398. The van der Waals surface area contributed by atoms with Gasteiger partial charge in [0, 0.05) is 6.04 Å². The van der Waals surface area contributed by atoms with Gasteiger partial charge in [0.1, 0.15) is 5.60 Å². The van der Waals surface area contributed by atoms with Crippen molar-refractivity contribution in [3.05, 3.63) is 60.7 Å². The number of hydrogen-bond donors (Lipinski definition) is 0. The number of fused-ring (bicyclic) bond motifs is 6. The summed E-state index contributed by atoms with van der Waals surface area (Å²) in [5.74, 6) is 0. The number of nitrogens with zero attached hydrogens (tertiary/aromatic N) is 1. The molecule has 2 aromatic rings. The number of hydrogen-bond acceptors (Lipinski definition) is 4. The zero-order chi connectivity index (χ0) is 37.3. The molecule has 0 amide bonds. The first kappa shape index (κ1) is 43.3. The molecule has 2 saturated heterocycles. The molecular formula is C42H76NO3PSi4. The van der Waals surface area contributed by atoms with Gasteiger partial charge < -0.3 is 18.2 Å². The van der Waals surface area contributed by atoms with Crippen molar-refractivity contribution >= 4 is 51.6 Å². The smallest absolute Gasteiger partial charge is 0.187 e. The molecule has 0 spiro atoms. The Morgan fingerprint density at radius 2 is 1.12 bits per heavy atom. The molecule has 0 saturated carbocycles. The van der Waals surface area contributed by atoms with Gasteiger partial charge in [-0.15, -0.1) is 0 Å². The van der Waals surface area contributed by atoms with Gasteiger partial charge >= 0.3 is 0 Å². The fourth-order valence-corrected chi connectivity index (χ4v) is 25.7. The highest BCUT2D eigenvalue weighted by Gasteiger charge is 2.50. The molecule has 2 aliphatic rings. The summed E-state index contributed by atoms with van der Waals surface area (Å²) in [6.45, 7) is 22.0. The van der Waals surface area contributed by atoms with Crippen LogP contribution in [0.5, 0.6) is 0 Å². The van der Waals surface area contributed by atoms with Gasteiger partial charge in [0.25, 0.3) is 0 Å². The Hall–Kier alpha value is -0.422. The summed E-state index contributed by atoms with van der Waals surface area (Å²) < 4.78 is 22.3. The quantitative estimate of drug-likeness (QED) is 0.168. The second-order valence-corrected chi connectivity index (χ2v) is 38.4. The molecule has 288 valence electrons. The molecule has 2 aromatic carbocycles. The molecule has 2 aliphatic heterocycles. The summed E-state index contributed by atoms with van der Waals surface area (Å²) in [5, 5.41) is 3.01. The van der Waals surface area contributed by atoms with Crippen molar-refractivity contribution in [3.8, 4) is 0 Å². The van der Waals surface area contributed by atoms with Crippen molar-refractivity contribution < 1.29 is 13.3 Å². The summed E-state index contributed by atoms with van der Waals surface area (Å²) in [6.07, 6.45) is 10.1. The van der Waals surface area contributed by atoms with Crippen LogP contribution in [-0.2, 0) is 13.3 Å². The van der Waals surface area contributed by atoms with Crippen molar-refractivity contribution in [1.29, 1.82) is 0 Å². The third-order valence-electron chi connectivity index (χ3n) is 12.4. The van der Waals surface area contributed by atoms with Crippen LogP contribution in [0.25, 0.3) is 0 Å². The molecular weight excluding hydrogens is 710 g/mol. The fourth-order valence-electron chi connectivity index (χ4n) is 9.51. The highest BCUT2D eigenvalue weighted by atomic mass is 31.1. The van der Waals surface area contributed by atoms with Crippen LogP contribution in [-0.4, -0.2) is 82.0 Å². The first-order valence-electron chi connectivity index (χ1n) is 20.6. The second kappa shape index (κ2) is 18.9. The van der Waals surface area contributed by atoms with E-state index in [2.05, 4.69) is 140 Å². The molecule has 3 unspecified atom stereocenters. The van der Waals surface area contributed by atoms with E-state index >= 15 is 0 Å². The average Bonchev–Trinajstić information content (AvgIpc) is 3.07. The van der Waals surface area contributed by atoms with Crippen LogP contribution in [0.1, 0.15) is 65.7 Å². The summed E-state index contributed by atoms with van der Waals surface area (Å²) >= 11 is 0. The lowest BCUT2D eigenvalue weighted by molar-refractivity contribution is -0.111. The number of rotatable bonds is 11. The Kier molecular flexibility index (Phi) is 16.1. The van der Waals surface area contributed by atoms with Crippen molar-refractivity contribution in [1.82, 2.24) is 4.90 Å². The molecule has 4 nitrogen and oxygen atoms in total. The van der Waals surface area contributed by atoms with E-state index in [9.17, 15) is 0 Å². The zero-order valence-corrected chi connectivity index (χ0v) is 39.6. The Bertz CT molecular complexity index is 1240. The highest BCUT2D eigenvalue weighted by Crippen LogP contribution is 2.43.